The highest BCUT2D eigenvalue weighted by Crippen LogP contribution is 2.47. The summed E-state index contributed by atoms with van der Waals surface area (Å²) < 4.78 is 12.7. The van der Waals surface area contributed by atoms with Crippen LogP contribution >= 0.6 is 0 Å². The quantitative estimate of drug-likeness (QED) is 0.535. The fraction of sp³-hybridized carbons (Fsp3) is 0.364. The van der Waals surface area contributed by atoms with Gasteiger partial charge in [-0.2, -0.15) is 14.6 Å². The van der Waals surface area contributed by atoms with Crippen LogP contribution in [0.5, 0.6) is 5.75 Å². The summed E-state index contributed by atoms with van der Waals surface area (Å²) in [5, 5.41) is 12.4. The third-order valence-corrected chi connectivity index (χ3v) is 5.65. The number of aryl methyl sites for hydroxylation is 4. The maximum Gasteiger partial charge on any atom is 0.252 e. The summed E-state index contributed by atoms with van der Waals surface area (Å²) in [5.74, 6) is 2.97. The summed E-state index contributed by atoms with van der Waals surface area (Å²) in [6, 6.07) is 8.08. The molecule has 1 aliphatic rings. The Morgan fingerprint density at radius 3 is 2.53 bits per heavy atom. The molecule has 4 aromatic rings. The van der Waals surface area contributed by atoms with E-state index in [9.17, 15) is 0 Å². The minimum atomic E-state index is -0.335. The maximum atomic E-state index is 5.46. The van der Waals surface area contributed by atoms with E-state index >= 15 is 0 Å². The first kappa shape index (κ1) is 18.6. The van der Waals surface area contributed by atoms with Crippen LogP contribution in [0, 0.1) is 27.7 Å². The number of benzene rings is 1. The first-order chi connectivity index (χ1) is 14.4. The third kappa shape index (κ3) is 2.91. The van der Waals surface area contributed by atoms with E-state index in [1.807, 2.05) is 43.5 Å². The molecule has 3 aromatic heterocycles. The zero-order valence-corrected chi connectivity index (χ0v) is 17.8. The second-order valence-electron chi connectivity index (χ2n) is 8.01. The first-order valence-electron chi connectivity index (χ1n) is 10.0. The molecular formula is C22H24N6O2. The lowest BCUT2D eigenvalue weighted by Gasteiger charge is -2.16. The zero-order valence-electron chi connectivity index (χ0n) is 17.8. The lowest BCUT2D eigenvalue weighted by atomic mass is 10.0. The standard InChI is InChI=1S/C22H24N6O2/c1-12-10-16(29-5)6-7-17(12)19-14(3)26-28-18(11-13(2)23-20(19)28)25-22(8-9-22)21-24-15(4)27-30-21/h6-7,10-11,25H,8-9H2,1-5H3. The van der Waals surface area contributed by atoms with E-state index in [-0.39, 0.29) is 5.54 Å². The van der Waals surface area contributed by atoms with Gasteiger partial charge in [0.05, 0.1) is 12.8 Å². The fourth-order valence-electron chi connectivity index (χ4n) is 3.95. The molecule has 30 heavy (non-hydrogen) atoms. The van der Waals surface area contributed by atoms with Crippen LogP contribution in [0.1, 0.15) is 41.5 Å². The topological polar surface area (TPSA) is 90.4 Å². The highest BCUT2D eigenvalue weighted by Gasteiger charge is 2.50. The molecule has 8 nitrogen and oxygen atoms in total. The van der Waals surface area contributed by atoms with E-state index in [0.717, 1.165) is 58.1 Å². The summed E-state index contributed by atoms with van der Waals surface area (Å²) in [6.45, 7) is 7.92. The van der Waals surface area contributed by atoms with Crippen molar-refractivity contribution in [3.05, 3.63) is 52.9 Å². The molecule has 0 saturated heterocycles. The van der Waals surface area contributed by atoms with Gasteiger partial charge >= 0.3 is 0 Å². The van der Waals surface area contributed by atoms with Gasteiger partial charge in [-0.05, 0) is 63.8 Å². The van der Waals surface area contributed by atoms with Crippen LogP contribution in [0.4, 0.5) is 5.82 Å². The molecule has 5 rings (SSSR count). The molecular weight excluding hydrogens is 380 g/mol. The molecule has 3 heterocycles. The molecule has 1 saturated carbocycles. The van der Waals surface area contributed by atoms with Crippen molar-refractivity contribution in [1.82, 2.24) is 24.7 Å². The third-order valence-electron chi connectivity index (χ3n) is 5.65. The van der Waals surface area contributed by atoms with Gasteiger partial charge in [-0.1, -0.05) is 11.2 Å². The molecule has 0 atom stereocenters. The normalized spacial score (nSPS) is 14.8. The van der Waals surface area contributed by atoms with Crippen LogP contribution in [-0.2, 0) is 5.54 Å². The van der Waals surface area contributed by atoms with Crippen molar-refractivity contribution in [3.63, 3.8) is 0 Å². The first-order valence-corrected chi connectivity index (χ1v) is 10.0. The fourth-order valence-corrected chi connectivity index (χ4v) is 3.95. The molecule has 0 spiro atoms. The van der Waals surface area contributed by atoms with Crippen LogP contribution < -0.4 is 10.1 Å². The molecule has 0 radical (unpaired) electrons. The number of fused-ring (bicyclic) bond motifs is 1. The van der Waals surface area contributed by atoms with Crippen LogP contribution in [-0.4, -0.2) is 31.8 Å². The van der Waals surface area contributed by atoms with Crippen molar-refractivity contribution in [3.8, 4) is 16.9 Å². The Bertz CT molecular complexity index is 1270. The molecule has 0 bridgehead atoms. The SMILES string of the molecule is COc1ccc(-c2c(C)nn3c(NC4(c5nc(C)no5)CC4)cc(C)nc23)c(C)c1. The van der Waals surface area contributed by atoms with E-state index < -0.39 is 0 Å². The number of anilines is 1. The van der Waals surface area contributed by atoms with E-state index in [1.165, 1.54) is 0 Å². The van der Waals surface area contributed by atoms with E-state index in [4.69, 9.17) is 19.3 Å². The molecule has 1 aliphatic carbocycles. The van der Waals surface area contributed by atoms with Gasteiger partial charge in [-0.25, -0.2) is 4.98 Å². The second kappa shape index (κ2) is 6.55. The number of ether oxygens (including phenoxy) is 1. The van der Waals surface area contributed by atoms with E-state index in [0.29, 0.717) is 11.7 Å². The van der Waals surface area contributed by atoms with Crippen LogP contribution in [0.15, 0.2) is 28.8 Å². The Morgan fingerprint density at radius 1 is 1.10 bits per heavy atom. The van der Waals surface area contributed by atoms with Crippen LogP contribution in [0.2, 0.25) is 0 Å². The summed E-state index contributed by atoms with van der Waals surface area (Å²) in [4.78, 5) is 9.27. The number of methoxy groups -OCH3 is 1. The molecule has 0 unspecified atom stereocenters. The monoisotopic (exact) mass is 404 g/mol. The van der Waals surface area contributed by atoms with Gasteiger partial charge in [-0.15, -0.1) is 0 Å². The number of hydrogen-bond acceptors (Lipinski definition) is 7. The average Bonchev–Trinajstić information content (AvgIpc) is 3.23. The van der Waals surface area contributed by atoms with Gasteiger partial charge in [0, 0.05) is 17.3 Å². The van der Waals surface area contributed by atoms with Crippen molar-refractivity contribution in [2.24, 2.45) is 0 Å². The molecule has 1 fully saturated rings. The van der Waals surface area contributed by atoms with Crippen molar-refractivity contribution in [2.45, 2.75) is 46.1 Å². The predicted octanol–water partition coefficient (Wildman–Crippen LogP) is 4.12. The average molecular weight is 404 g/mol. The van der Waals surface area contributed by atoms with Crippen molar-refractivity contribution < 1.29 is 9.26 Å². The molecule has 8 heteroatoms. The highest BCUT2D eigenvalue weighted by atomic mass is 16.5. The van der Waals surface area contributed by atoms with Crippen LogP contribution in [0.25, 0.3) is 16.8 Å². The Morgan fingerprint density at radius 2 is 1.90 bits per heavy atom. The molecule has 154 valence electrons. The number of rotatable bonds is 5. The molecule has 0 aliphatic heterocycles. The van der Waals surface area contributed by atoms with Crippen LogP contribution in [0.3, 0.4) is 0 Å². The largest absolute Gasteiger partial charge is 0.497 e. The Labute approximate surface area is 174 Å². The predicted molar refractivity (Wildman–Crippen MR) is 113 cm³/mol. The Kier molecular flexibility index (Phi) is 4.06. The van der Waals surface area contributed by atoms with Gasteiger partial charge < -0.3 is 14.6 Å². The summed E-state index contributed by atoms with van der Waals surface area (Å²) in [7, 11) is 1.68. The highest BCUT2D eigenvalue weighted by molar-refractivity contribution is 5.83. The van der Waals surface area contributed by atoms with Gasteiger partial charge in [0.1, 0.15) is 17.1 Å². The maximum absolute atomic E-state index is 5.46. The number of nitrogens with zero attached hydrogens (tertiary/aromatic N) is 5. The van der Waals surface area contributed by atoms with Crippen molar-refractivity contribution >= 4 is 11.5 Å². The van der Waals surface area contributed by atoms with Gasteiger partial charge in [0.15, 0.2) is 11.5 Å². The number of aromatic nitrogens is 5. The number of hydrogen-bond donors (Lipinski definition) is 1. The minimum Gasteiger partial charge on any atom is -0.497 e. The molecule has 0 amide bonds. The summed E-state index contributed by atoms with van der Waals surface area (Å²) >= 11 is 0. The van der Waals surface area contributed by atoms with Gasteiger partial charge in [-0.3, -0.25) is 0 Å². The van der Waals surface area contributed by atoms with Gasteiger partial charge in [0.2, 0.25) is 0 Å². The number of nitrogens with one attached hydrogen (secondary N) is 1. The Balaban J connectivity index is 1.63. The van der Waals surface area contributed by atoms with E-state index in [1.54, 1.807) is 7.11 Å². The second-order valence-corrected chi connectivity index (χ2v) is 8.01. The summed E-state index contributed by atoms with van der Waals surface area (Å²) in [6.07, 6.45) is 1.87. The smallest absolute Gasteiger partial charge is 0.252 e. The summed E-state index contributed by atoms with van der Waals surface area (Å²) in [5.41, 5.74) is 5.56. The lowest BCUT2D eigenvalue weighted by Crippen LogP contribution is -2.21. The minimum absolute atomic E-state index is 0.335. The molecule has 1 aromatic carbocycles. The van der Waals surface area contributed by atoms with Crippen molar-refractivity contribution in [2.75, 3.05) is 12.4 Å². The Hall–Kier alpha value is -3.42. The van der Waals surface area contributed by atoms with Crippen molar-refractivity contribution in [1.29, 1.82) is 0 Å². The van der Waals surface area contributed by atoms with Gasteiger partial charge in [0.25, 0.3) is 5.89 Å². The molecule has 1 N–H and O–H groups in total. The zero-order chi connectivity index (χ0) is 21.0. The lowest BCUT2D eigenvalue weighted by molar-refractivity contribution is 0.352. The van der Waals surface area contributed by atoms with E-state index in [2.05, 4.69) is 28.4 Å².